The number of aryl methyl sites for hydroxylation is 1. The monoisotopic (exact) mass is 365 g/mol. The fourth-order valence-corrected chi connectivity index (χ4v) is 3.32. The summed E-state index contributed by atoms with van der Waals surface area (Å²) in [4.78, 5) is 33.5. The quantitative estimate of drug-likeness (QED) is 0.767. The van der Waals surface area contributed by atoms with E-state index in [0.717, 1.165) is 18.4 Å². The number of aromatic nitrogens is 2. The molecule has 0 radical (unpaired) electrons. The lowest BCUT2D eigenvalue weighted by Crippen LogP contribution is -2.24. The predicted molar refractivity (Wildman–Crippen MR) is 100 cm³/mol. The van der Waals surface area contributed by atoms with E-state index in [2.05, 4.69) is 15.3 Å². The summed E-state index contributed by atoms with van der Waals surface area (Å²) >= 11 is 0. The largest absolute Gasteiger partial charge is 0.427 e. The highest BCUT2D eigenvalue weighted by Gasteiger charge is 2.23. The summed E-state index contributed by atoms with van der Waals surface area (Å²) in [5, 5.41) is 2.74. The first kappa shape index (κ1) is 17.4. The normalized spacial score (nSPS) is 15.0. The Morgan fingerprint density at radius 1 is 1.11 bits per heavy atom. The van der Waals surface area contributed by atoms with Crippen molar-refractivity contribution >= 4 is 22.6 Å². The van der Waals surface area contributed by atoms with E-state index < -0.39 is 11.5 Å². The zero-order valence-electron chi connectivity index (χ0n) is 14.9. The highest BCUT2D eigenvalue weighted by Crippen LogP contribution is 2.27. The molecule has 7 nitrogen and oxygen atoms in total. The minimum atomic E-state index is -0.616. The predicted octanol–water partition coefficient (Wildman–Crippen LogP) is 3.04. The third kappa shape index (κ3) is 3.59. The molecular weight excluding hydrogens is 346 g/mol. The van der Waals surface area contributed by atoms with Gasteiger partial charge in [-0.15, -0.1) is 0 Å². The Labute approximate surface area is 155 Å². The van der Waals surface area contributed by atoms with Crippen molar-refractivity contribution in [2.75, 3.05) is 18.5 Å². The van der Waals surface area contributed by atoms with Gasteiger partial charge in [0, 0.05) is 37.2 Å². The van der Waals surface area contributed by atoms with Crippen LogP contribution in [0.4, 0.5) is 5.69 Å². The van der Waals surface area contributed by atoms with Gasteiger partial charge in [0.2, 0.25) is 0 Å². The third-order valence-corrected chi connectivity index (χ3v) is 4.75. The summed E-state index contributed by atoms with van der Waals surface area (Å²) in [6, 6.07) is 7.00. The van der Waals surface area contributed by atoms with Crippen LogP contribution in [0, 0.1) is 6.92 Å². The van der Waals surface area contributed by atoms with Gasteiger partial charge in [0.1, 0.15) is 11.3 Å². The van der Waals surface area contributed by atoms with Crippen LogP contribution in [0.3, 0.4) is 0 Å². The van der Waals surface area contributed by atoms with Crippen LogP contribution >= 0.6 is 0 Å². The lowest BCUT2D eigenvalue weighted by atomic mass is 9.95. The molecule has 0 bridgehead atoms. The molecule has 1 aliphatic heterocycles. The number of amides is 1. The Kier molecular flexibility index (Phi) is 4.68. The molecule has 2 aromatic heterocycles. The number of carbonyl (C=O) groups is 1. The number of ether oxygens (including phenoxy) is 1. The molecule has 0 aliphatic carbocycles. The molecule has 3 heterocycles. The Hall–Kier alpha value is -3.06. The van der Waals surface area contributed by atoms with Gasteiger partial charge in [0.15, 0.2) is 0 Å². The Bertz CT molecular complexity index is 1050. The average Bonchev–Trinajstić information content (AvgIpc) is 2.68. The van der Waals surface area contributed by atoms with Crippen LogP contribution in [0.1, 0.15) is 40.4 Å². The number of carbonyl (C=O) groups excluding carboxylic acids is 1. The molecule has 1 aliphatic rings. The van der Waals surface area contributed by atoms with Gasteiger partial charge < -0.3 is 14.5 Å². The van der Waals surface area contributed by atoms with Gasteiger partial charge in [0.05, 0.1) is 11.0 Å². The van der Waals surface area contributed by atoms with Crippen LogP contribution in [-0.4, -0.2) is 29.1 Å². The number of rotatable bonds is 3. The van der Waals surface area contributed by atoms with Gasteiger partial charge in [-0.25, -0.2) is 4.79 Å². The number of nitrogens with one attached hydrogen (secondary N) is 1. The number of nitrogens with zero attached hydrogens (tertiary/aromatic N) is 2. The Morgan fingerprint density at radius 2 is 1.85 bits per heavy atom. The average molecular weight is 365 g/mol. The van der Waals surface area contributed by atoms with Crippen molar-refractivity contribution in [1.29, 1.82) is 0 Å². The second-order valence-electron chi connectivity index (χ2n) is 6.59. The van der Waals surface area contributed by atoms with Crippen LogP contribution in [0.5, 0.6) is 0 Å². The molecule has 3 aromatic rings. The van der Waals surface area contributed by atoms with Crippen molar-refractivity contribution in [2.24, 2.45) is 0 Å². The summed E-state index contributed by atoms with van der Waals surface area (Å²) in [7, 11) is 0. The first-order chi connectivity index (χ1) is 13.1. The fraction of sp³-hybridized carbons (Fsp3) is 0.300. The van der Waals surface area contributed by atoms with E-state index in [4.69, 9.17) is 9.15 Å². The van der Waals surface area contributed by atoms with E-state index in [1.54, 1.807) is 43.6 Å². The molecule has 1 amide bonds. The number of hydrogen-bond donors (Lipinski definition) is 1. The van der Waals surface area contributed by atoms with Gasteiger partial charge in [0.25, 0.3) is 5.91 Å². The molecule has 1 aromatic carbocycles. The van der Waals surface area contributed by atoms with Crippen molar-refractivity contribution in [2.45, 2.75) is 25.7 Å². The first-order valence-corrected chi connectivity index (χ1v) is 8.86. The number of benzene rings is 1. The molecular formula is C20H19N3O4. The third-order valence-electron chi connectivity index (χ3n) is 4.75. The SMILES string of the molecule is Cc1cc(C2CCOCC2)oc(=O)c1C(=O)Nc1ccc2nccnc2c1. The second-order valence-corrected chi connectivity index (χ2v) is 6.59. The summed E-state index contributed by atoms with van der Waals surface area (Å²) < 4.78 is 10.8. The minimum Gasteiger partial charge on any atom is -0.427 e. The van der Waals surface area contributed by atoms with Crippen molar-refractivity contribution in [3.8, 4) is 0 Å². The van der Waals surface area contributed by atoms with E-state index >= 15 is 0 Å². The molecule has 7 heteroatoms. The van der Waals surface area contributed by atoms with E-state index in [1.165, 1.54) is 0 Å². The molecule has 0 saturated carbocycles. The van der Waals surface area contributed by atoms with E-state index in [-0.39, 0.29) is 11.5 Å². The fourth-order valence-electron chi connectivity index (χ4n) is 3.32. The minimum absolute atomic E-state index is 0.0186. The maximum Gasteiger partial charge on any atom is 0.349 e. The summed E-state index contributed by atoms with van der Waals surface area (Å²) in [6.07, 6.45) is 4.81. The van der Waals surface area contributed by atoms with Crippen LogP contribution in [-0.2, 0) is 4.74 Å². The van der Waals surface area contributed by atoms with Crippen LogP contribution in [0.15, 0.2) is 45.9 Å². The van der Waals surface area contributed by atoms with E-state index in [1.807, 2.05) is 0 Å². The highest BCUT2D eigenvalue weighted by atomic mass is 16.5. The number of anilines is 1. The van der Waals surface area contributed by atoms with E-state index in [9.17, 15) is 9.59 Å². The smallest absolute Gasteiger partial charge is 0.349 e. The lowest BCUT2D eigenvalue weighted by Gasteiger charge is -2.21. The molecule has 1 N–H and O–H groups in total. The number of fused-ring (bicyclic) bond motifs is 1. The van der Waals surface area contributed by atoms with Crippen LogP contribution < -0.4 is 10.9 Å². The topological polar surface area (TPSA) is 94.3 Å². The maximum absolute atomic E-state index is 12.7. The number of hydrogen-bond acceptors (Lipinski definition) is 6. The van der Waals surface area contributed by atoms with Gasteiger partial charge >= 0.3 is 5.63 Å². The molecule has 1 fully saturated rings. The molecule has 138 valence electrons. The second kappa shape index (κ2) is 7.28. The van der Waals surface area contributed by atoms with Crippen molar-refractivity contribution in [3.63, 3.8) is 0 Å². The van der Waals surface area contributed by atoms with Crippen molar-refractivity contribution in [3.05, 3.63) is 64.0 Å². The van der Waals surface area contributed by atoms with Gasteiger partial charge in [-0.2, -0.15) is 0 Å². The van der Waals surface area contributed by atoms with E-state index in [0.29, 0.717) is 35.7 Å². The standard InChI is InChI=1S/C20H19N3O4/c1-12-10-17(13-4-8-26-9-5-13)27-20(25)18(12)19(24)23-14-2-3-15-16(11-14)22-7-6-21-15/h2-3,6-7,10-11,13H,4-5,8-9H2,1H3,(H,23,24). The zero-order chi connectivity index (χ0) is 18.8. The van der Waals surface area contributed by atoms with Gasteiger partial charge in [-0.05, 0) is 49.6 Å². The molecule has 1 saturated heterocycles. The highest BCUT2D eigenvalue weighted by molar-refractivity contribution is 6.05. The Balaban J connectivity index is 1.59. The first-order valence-electron chi connectivity index (χ1n) is 8.86. The van der Waals surface area contributed by atoms with Gasteiger partial charge in [-0.3, -0.25) is 14.8 Å². The molecule has 0 unspecified atom stereocenters. The summed E-state index contributed by atoms with van der Waals surface area (Å²) in [6.45, 7) is 3.06. The summed E-state index contributed by atoms with van der Waals surface area (Å²) in [5.41, 5.74) is 1.94. The lowest BCUT2D eigenvalue weighted by molar-refractivity contribution is 0.0796. The molecule has 27 heavy (non-hydrogen) atoms. The Morgan fingerprint density at radius 3 is 2.59 bits per heavy atom. The van der Waals surface area contributed by atoms with Crippen LogP contribution in [0.2, 0.25) is 0 Å². The van der Waals surface area contributed by atoms with Crippen LogP contribution in [0.25, 0.3) is 11.0 Å². The molecule has 0 spiro atoms. The molecule has 4 rings (SSSR count). The van der Waals surface area contributed by atoms with Crippen molar-refractivity contribution < 1.29 is 13.9 Å². The van der Waals surface area contributed by atoms with Gasteiger partial charge in [-0.1, -0.05) is 0 Å². The zero-order valence-corrected chi connectivity index (χ0v) is 14.9. The van der Waals surface area contributed by atoms with Crippen molar-refractivity contribution in [1.82, 2.24) is 9.97 Å². The summed E-state index contributed by atoms with van der Waals surface area (Å²) in [5.74, 6) is 0.280. The molecule has 0 atom stereocenters. The maximum atomic E-state index is 12.7.